The first kappa shape index (κ1) is 25.2. The van der Waals surface area contributed by atoms with Crippen LogP contribution >= 0.6 is 0 Å². The van der Waals surface area contributed by atoms with Crippen molar-refractivity contribution in [3.63, 3.8) is 0 Å². The summed E-state index contributed by atoms with van der Waals surface area (Å²) < 4.78 is 0. The molecule has 1 aliphatic rings. The van der Waals surface area contributed by atoms with Crippen molar-refractivity contribution in [2.24, 2.45) is 11.5 Å². The molecular weight excluding hydrogens is 438 g/mol. The van der Waals surface area contributed by atoms with E-state index in [9.17, 15) is 19.5 Å². The Kier molecular flexibility index (Phi) is 8.97. The van der Waals surface area contributed by atoms with Gasteiger partial charge in [-0.15, -0.1) is 0 Å². The highest BCUT2D eigenvalue weighted by atomic mass is 16.7. The van der Waals surface area contributed by atoms with Gasteiger partial charge in [0.2, 0.25) is 17.7 Å². The fraction of sp³-hybridized carbons (Fsp3) is 0.375. The van der Waals surface area contributed by atoms with E-state index in [1.165, 1.54) is 0 Å². The molecule has 2 aromatic rings. The molecule has 0 unspecified atom stereocenters. The quantitative estimate of drug-likeness (QED) is 0.288. The lowest BCUT2D eigenvalue weighted by molar-refractivity contribution is -0.152. The van der Waals surface area contributed by atoms with E-state index in [2.05, 4.69) is 10.8 Å². The molecule has 3 rings (SSSR count). The second-order valence-corrected chi connectivity index (χ2v) is 8.26. The molecule has 0 aliphatic carbocycles. The van der Waals surface area contributed by atoms with Gasteiger partial charge in [0, 0.05) is 13.0 Å². The number of carbonyl (C=O) groups excluding carboxylic acids is 3. The van der Waals surface area contributed by atoms with E-state index in [1.54, 1.807) is 29.2 Å². The predicted molar refractivity (Wildman–Crippen MR) is 125 cm³/mol. The Balaban J connectivity index is 1.45. The van der Waals surface area contributed by atoms with Crippen molar-refractivity contribution in [1.29, 1.82) is 0 Å². The zero-order valence-corrected chi connectivity index (χ0v) is 18.9. The first-order chi connectivity index (χ1) is 16.3. The van der Waals surface area contributed by atoms with Crippen LogP contribution in [0.5, 0.6) is 5.75 Å². The molecule has 0 radical (unpaired) electrons. The molecule has 3 atom stereocenters. The Hall–Kier alpha value is -3.47. The molecule has 7 N–H and O–H groups in total. The van der Waals surface area contributed by atoms with Crippen LogP contribution in [0.25, 0.3) is 0 Å². The second kappa shape index (κ2) is 12.1. The molecule has 1 fully saturated rings. The molecule has 0 bridgehead atoms. The summed E-state index contributed by atoms with van der Waals surface area (Å²) in [5.74, 6) is -1.19. The van der Waals surface area contributed by atoms with Gasteiger partial charge in [-0.2, -0.15) is 5.48 Å². The Labute approximate surface area is 198 Å². The number of hydrogen-bond acceptors (Lipinski definition) is 7. The molecule has 1 aliphatic heterocycles. The van der Waals surface area contributed by atoms with Gasteiger partial charge in [-0.1, -0.05) is 42.5 Å². The van der Waals surface area contributed by atoms with Gasteiger partial charge in [-0.05, 0) is 42.5 Å². The predicted octanol–water partition coefficient (Wildman–Crippen LogP) is -0.0555. The van der Waals surface area contributed by atoms with Gasteiger partial charge in [0.1, 0.15) is 18.3 Å². The van der Waals surface area contributed by atoms with Crippen molar-refractivity contribution in [3.05, 3.63) is 65.7 Å². The van der Waals surface area contributed by atoms with Gasteiger partial charge in [-0.25, -0.2) is 0 Å². The van der Waals surface area contributed by atoms with Gasteiger partial charge in [0.15, 0.2) is 6.23 Å². The number of primary amides is 1. The van der Waals surface area contributed by atoms with Crippen LogP contribution in [0.1, 0.15) is 24.0 Å². The lowest BCUT2D eigenvalue weighted by Crippen LogP contribution is -2.51. The van der Waals surface area contributed by atoms with Crippen LogP contribution in [0.15, 0.2) is 54.6 Å². The Morgan fingerprint density at radius 3 is 2.41 bits per heavy atom. The number of carbonyl (C=O) groups is 3. The maximum atomic E-state index is 12.8. The van der Waals surface area contributed by atoms with Crippen LogP contribution < -0.4 is 22.3 Å². The third-order valence-electron chi connectivity index (χ3n) is 5.60. The number of hydrogen-bond donors (Lipinski definition) is 5. The number of likely N-dealkylation sites (tertiary alicyclic amines) is 1. The summed E-state index contributed by atoms with van der Waals surface area (Å²) in [6.45, 7) is 0.290. The summed E-state index contributed by atoms with van der Waals surface area (Å²) in [5.41, 5.74) is 15.8. The molecule has 34 heavy (non-hydrogen) atoms. The van der Waals surface area contributed by atoms with E-state index in [4.69, 9.17) is 16.3 Å². The lowest BCUT2D eigenvalue weighted by Gasteiger charge is -2.27. The third-order valence-corrected chi connectivity index (χ3v) is 5.60. The van der Waals surface area contributed by atoms with Gasteiger partial charge in [0.25, 0.3) is 0 Å². The molecule has 3 amide bonds. The molecule has 0 spiro atoms. The number of benzene rings is 2. The standard InChI is InChI=1S/C24H31N5O5/c25-19(13-17-8-10-18(30)11-9-17)24(33)29-12-4-7-22(29)34-27-15-21(31)28-20(23(26)32)14-16-5-2-1-3-6-16/h1-3,5-6,8-11,19-20,22,27,30H,4,7,12-15,25H2,(H2,26,32)(H,28,31)/t19-,20-,22+/m0/s1. The third kappa shape index (κ3) is 7.27. The molecule has 1 saturated heterocycles. The minimum absolute atomic E-state index is 0.147. The molecule has 2 aromatic carbocycles. The van der Waals surface area contributed by atoms with E-state index in [0.717, 1.165) is 17.5 Å². The zero-order valence-electron chi connectivity index (χ0n) is 18.9. The number of rotatable bonds is 11. The zero-order chi connectivity index (χ0) is 24.5. The maximum absolute atomic E-state index is 12.8. The number of amides is 3. The minimum Gasteiger partial charge on any atom is -0.508 e. The number of nitrogens with two attached hydrogens (primary N) is 2. The molecule has 0 aromatic heterocycles. The summed E-state index contributed by atoms with van der Waals surface area (Å²) in [6, 6.07) is 14.2. The Morgan fingerprint density at radius 2 is 1.74 bits per heavy atom. The average Bonchev–Trinajstić information content (AvgIpc) is 3.28. The van der Waals surface area contributed by atoms with E-state index < -0.39 is 30.1 Å². The van der Waals surface area contributed by atoms with E-state index >= 15 is 0 Å². The summed E-state index contributed by atoms with van der Waals surface area (Å²) in [5, 5.41) is 12.0. The van der Waals surface area contributed by atoms with Crippen LogP contribution in [-0.4, -0.2) is 59.1 Å². The Bertz CT molecular complexity index is 969. The van der Waals surface area contributed by atoms with Crippen molar-refractivity contribution in [3.8, 4) is 5.75 Å². The van der Waals surface area contributed by atoms with Crippen LogP contribution in [0.4, 0.5) is 0 Å². The van der Waals surface area contributed by atoms with E-state index in [0.29, 0.717) is 19.4 Å². The van der Waals surface area contributed by atoms with Gasteiger partial charge in [-0.3, -0.25) is 19.2 Å². The average molecular weight is 470 g/mol. The van der Waals surface area contributed by atoms with E-state index in [1.807, 2.05) is 30.3 Å². The van der Waals surface area contributed by atoms with Crippen LogP contribution in [0.2, 0.25) is 0 Å². The normalized spacial score (nSPS) is 17.2. The second-order valence-electron chi connectivity index (χ2n) is 8.26. The van der Waals surface area contributed by atoms with Crippen molar-refractivity contribution in [2.75, 3.05) is 13.1 Å². The first-order valence-corrected chi connectivity index (χ1v) is 11.2. The number of phenols is 1. The number of aromatic hydroxyl groups is 1. The summed E-state index contributed by atoms with van der Waals surface area (Å²) in [4.78, 5) is 44.0. The molecule has 10 heteroatoms. The smallest absolute Gasteiger partial charge is 0.241 e. The molecule has 1 heterocycles. The van der Waals surface area contributed by atoms with Crippen LogP contribution in [0.3, 0.4) is 0 Å². The van der Waals surface area contributed by atoms with Gasteiger partial charge >= 0.3 is 0 Å². The summed E-state index contributed by atoms with van der Waals surface area (Å²) in [7, 11) is 0. The fourth-order valence-corrected chi connectivity index (χ4v) is 3.82. The SMILES string of the molecule is NC(=O)[C@H](Cc1ccccc1)NC(=O)CNO[C@@H]1CCCN1C(=O)[C@@H](N)Cc1ccc(O)cc1. The van der Waals surface area contributed by atoms with Crippen molar-refractivity contribution in [1.82, 2.24) is 15.7 Å². The highest BCUT2D eigenvalue weighted by Crippen LogP contribution is 2.19. The van der Waals surface area contributed by atoms with Gasteiger partial charge in [0.05, 0.1) is 6.04 Å². The lowest BCUT2D eigenvalue weighted by atomic mass is 10.1. The minimum atomic E-state index is -0.848. The number of hydroxylamine groups is 1. The summed E-state index contributed by atoms with van der Waals surface area (Å²) in [6.07, 6.45) is 1.41. The molecular formula is C24H31N5O5. The number of phenolic OH excluding ortho intramolecular Hbond substituents is 1. The fourth-order valence-electron chi connectivity index (χ4n) is 3.82. The molecule has 182 valence electrons. The monoisotopic (exact) mass is 469 g/mol. The first-order valence-electron chi connectivity index (χ1n) is 11.2. The van der Waals surface area contributed by atoms with Crippen LogP contribution in [0, 0.1) is 0 Å². The topological polar surface area (TPSA) is 160 Å². The van der Waals surface area contributed by atoms with Gasteiger partial charge < -0.3 is 26.8 Å². The number of nitrogens with one attached hydrogen (secondary N) is 2. The highest BCUT2D eigenvalue weighted by molar-refractivity contribution is 5.87. The highest BCUT2D eigenvalue weighted by Gasteiger charge is 2.33. The van der Waals surface area contributed by atoms with Crippen LogP contribution in [-0.2, 0) is 32.1 Å². The van der Waals surface area contributed by atoms with E-state index in [-0.39, 0.29) is 24.6 Å². The summed E-state index contributed by atoms with van der Waals surface area (Å²) >= 11 is 0. The number of nitrogens with zero attached hydrogens (tertiary/aromatic N) is 1. The molecule has 0 saturated carbocycles. The van der Waals surface area contributed by atoms with Crippen molar-refractivity contribution < 1.29 is 24.3 Å². The molecule has 10 nitrogen and oxygen atoms in total. The largest absolute Gasteiger partial charge is 0.508 e. The van der Waals surface area contributed by atoms with Crippen molar-refractivity contribution >= 4 is 17.7 Å². The Morgan fingerprint density at radius 1 is 1.06 bits per heavy atom. The van der Waals surface area contributed by atoms with Crippen molar-refractivity contribution in [2.45, 2.75) is 44.0 Å². The maximum Gasteiger partial charge on any atom is 0.241 e.